The van der Waals surface area contributed by atoms with Crippen LogP contribution in [0.5, 0.6) is 0 Å². The molecule has 0 aliphatic carbocycles. The summed E-state index contributed by atoms with van der Waals surface area (Å²) in [6.07, 6.45) is 0. The van der Waals surface area contributed by atoms with E-state index in [1.54, 1.807) is 6.92 Å². The normalized spacial score (nSPS) is 12.2. The summed E-state index contributed by atoms with van der Waals surface area (Å²) in [5.41, 5.74) is 1.42. The number of aryl methyl sites for hydroxylation is 1. The third-order valence-electron chi connectivity index (χ3n) is 2.43. The van der Waals surface area contributed by atoms with Crippen molar-refractivity contribution in [3.8, 4) is 0 Å². The lowest BCUT2D eigenvalue weighted by Crippen LogP contribution is -2.22. The topological polar surface area (TPSA) is 42.0 Å². The SMILES string of the molecule is Cc1csc(SC(C)C(=O)Nc2ccc(F)c(Cl)c2)n1. The van der Waals surface area contributed by atoms with Crippen molar-refractivity contribution in [1.29, 1.82) is 0 Å². The first kappa shape index (κ1) is 15.3. The van der Waals surface area contributed by atoms with Crippen molar-refractivity contribution in [2.45, 2.75) is 23.4 Å². The predicted octanol–water partition coefficient (Wildman–Crippen LogP) is 4.36. The first-order valence-electron chi connectivity index (χ1n) is 5.80. The van der Waals surface area contributed by atoms with Gasteiger partial charge in [-0.25, -0.2) is 9.37 Å². The van der Waals surface area contributed by atoms with Crippen LogP contribution in [0.25, 0.3) is 0 Å². The Labute approximate surface area is 129 Å². The molecule has 2 rings (SSSR count). The van der Waals surface area contributed by atoms with Gasteiger partial charge >= 0.3 is 0 Å². The Bertz CT molecular complexity index is 633. The zero-order chi connectivity index (χ0) is 14.7. The van der Waals surface area contributed by atoms with Crippen LogP contribution in [0.2, 0.25) is 5.02 Å². The van der Waals surface area contributed by atoms with Crippen LogP contribution in [0.3, 0.4) is 0 Å². The molecule has 2 aromatic rings. The van der Waals surface area contributed by atoms with Crippen molar-refractivity contribution in [2.24, 2.45) is 0 Å². The van der Waals surface area contributed by atoms with E-state index in [9.17, 15) is 9.18 Å². The number of hydrogen-bond donors (Lipinski definition) is 1. The van der Waals surface area contributed by atoms with Gasteiger partial charge in [-0.2, -0.15) is 0 Å². The number of amides is 1. The molecular formula is C13H12ClFN2OS2. The van der Waals surface area contributed by atoms with Crippen molar-refractivity contribution >= 4 is 46.3 Å². The highest BCUT2D eigenvalue weighted by Crippen LogP contribution is 2.27. The lowest BCUT2D eigenvalue weighted by Gasteiger charge is -2.10. The Morgan fingerprint density at radius 2 is 2.30 bits per heavy atom. The summed E-state index contributed by atoms with van der Waals surface area (Å²) in [4.78, 5) is 16.3. The molecule has 0 fully saturated rings. The number of aromatic nitrogens is 1. The van der Waals surface area contributed by atoms with Crippen LogP contribution >= 0.6 is 34.7 Å². The molecule has 3 nitrogen and oxygen atoms in total. The van der Waals surface area contributed by atoms with Crippen LogP contribution < -0.4 is 5.32 Å². The zero-order valence-electron chi connectivity index (χ0n) is 10.8. The van der Waals surface area contributed by atoms with E-state index in [0.717, 1.165) is 10.0 Å². The van der Waals surface area contributed by atoms with Crippen molar-refractivity contribution in [3.05, 3.63) is 40.1 Å². The molecule has 0 aliphatic heterocycles. The third-order valence-corrected chi connectivity index (χ3v) is 4.91. The molecule has 1 N–H and O–H groups in total. The fraction of sp³-hybridized carbons (Fsp3) is 0.231. The predicted molar refractivity (Wildman–Crippen MR) is 82.2 cm³/mol. The third kappa shape index (κ3) is 3.94. The van der Waals surface area contributed by atoms with Crippen LogP contribution in [0, 0.1) is 12.7 Å². The minimum Gasteiger partial charge on any atom is -0.325 e. The summed E-state index contributed by atoms with van der Waals surface area (Å²) < 4.78 is 13.9. The van der Waals surface area contributed by atoms with Gasteiger partial charge in [0.15, 0.2) is 4.34 Å². The zero-order valence-corrected chi connectivity index (χ0v) is 13.2. The second kappa shape index (κ2) is 6.56. The highest BCUT2D eigenvalue weighted by atomic mass is 35.5. The Hall–Kier alpha value is -1.11. The minimum atomic E-state index is -0.509. The van der Waals surface area contributed by atoms with Crippen LogP contribution in [-0.2, 0) is 4.79 Å². The van der Waals surface area contributed by atoms with Gasteiger partial charge in [0.1, 0.15) is 5.82 Å². The van der Waals surface area contributed by atoms with Crippen molar-refractivity contribution in [1.82, 2.24) is 4.98 Å². The van der Waals surface area contributed by atoms with Gasteiger partial charge in [-0.05, 0) is 32.0 Å². The maximum Gasteiger partial charge on any atom is 0.237 e. The molecule has 1 amide bonds. The molecule has 0 saturated heterocycles. The van der Waals surface area contributed by atoms with Crippen molar-refractivity contribution in [2.75, 3.05) is 5.32 Å². The van der Waals surface area contributed by atoms with Crippen LogP contribution in [-0.4, -0.2) is 16.1 Å². The molecule has 1 atom stereocenters. The van der Waals surface area contributed by atoms with Gasteiger partial charge in [-0.15, -0.1) is 11.3 Å². The van der Waals surface area contributed by atoms with Gasteiger partial charge in [0.2, 0.25) is 5.91 Å². The Kier molecular flexibility index (Phi) is 5.01. The van der Waals surface area contributed by atoms with Crippen molar-refractivity contribution < 1.29 is 9.18 Å². The second-order valence-electron chi connectivity index (χ2n) is 4.13. The van der Waals surface area contributed by atoms with E-state index in [0.29, 0.717) is 5.69 Å². The molecule has 7 heteroatoms. The molecule has 1 aromatic carbocycles. The average Bonchev–Trinajstić information content (AvgIpc) is 2.79. The van der Waals surface area contributed by atoms with Crippen LogP contribution in [0.15, 0.2) is 27.9 Å². The Balaban J connectivity index is 1.98. The lowest BCUT2D eigenvalue weighted by molar-refractivity contribution is -0.115. The summed E-state index contributed by atoms with van der Waals surface area (Å²) in [5.74, 6) is -0.684. The highest BCUT2D eigenvalue weighted by Gasteiger charge is 2.16. The molecule has 0 bridgehead atoms. The summed E-state index contributed by atoms with van der Waals surface area (Å²) >= 11 is 8.56. The number of anilines is 1. The van der Waals surface area contributed by atoms with Gasteiger partial charge in [0, 0.05) is 16.8 Å². The van der Waals surface area contributed by atoms with E-state index >= 15 is 0 Å². The number of halogens is 2. The van der Waals surface area contributed by atoms with Crippen LogP contribution in [0.4, 0.5) is 10.1 Å². The van der Waals surface area contributed by atoms with E-state index in [2.05, 4.69) is 10.3 Å². The lowest BCUT2D eigenvalue weighted by atomic mass is 10.3. The van der Waals surface area contributed by atoms with E-state index in [1.165, 1.54) is 41.3 Å². The summed E-state index contributed by atoms with van der Waals surface area (Å²) in [6.45, 7) is 3.70. The van der Waals surface area contributed by atoms with Gasteiger partial charge in [0.05, 0.1) is 10.3 Å². The van der Waals surface area contributed by atoms with Crippen LogP contribution in [0.1, 0.15) is 12.6 Å². The first-order valence-corrected chi connectivity index (χ1v) is 7.94. The van der Waals surface area contributed by atoms with Gasteiger partial charge in [-0.1, -0.05) is 23.4 Å². The molecular weight excluding hydrogens is 319 g/mol. The quantitative estimate of drug-likeness (QED) is 0.847. The number of nitrogens with zero attached hydrogens (tertiary/aromatic N) is 1. The number of hydrogen-bond acceptors (Lipinski definition) is 4. The fourth-order valence-electron chi connectivity index (χ4n) is 1.41. The monoisotopic (exact) mass is 330 g/mol. The summed E-state index contributed by atoms with van der Waals surface area (Å²) in [5, 5.41) is 4.32. The van der Waals surface area contributed by atoms with Gasteiger partial charge < -0.3 is 5.32 Å². The molecule has 106 valence electrons. The number of carbonyl (C=O) groups is 1. The average molecular weight is 331 g/mol. The number of thiazole rings is 1. The molecule has 0 aliphatic rings. The smallest absolute Gasteiger partial charge is 0.237 e. The van der Waals surface area contributed by atoms with E-state index in [1.807, 2.05) is 12.3 Å². The molecule has 0 radical (unpaired) electrons. The van der Waals surface area contributed by atoms with E-state index in [4.69, 9.17) is 11.6 Å². The maximum atomic E-state index is 13.0. The maximum absolute atomic E-state index is 13.0. The number of benzene rings is 1. The standard InChI is InChI=1S/C13H12ClFN2OS2/c1-7-6-19-13(16-7)20-8(2)12(18)17-9-3-4-11(15)10(14)5-9/h3-6,8H,1-2H3,(H,17,18). The molecule has 20 heavy (non-hydrogen) atoms. The minimum absolute atomic E-state index is 0.0151. The molecule has 1 heterocycles. The number of carbonyl (C=O) groups excluding carboxylic acids is 1. The molecule has 1 aromatic heterocycles. The van der Waals surface area contributed by atoms with Crippen molar-refractivity contribution in [3.63, 3.8) is 0 Å². The van der Waals surface area contributed by atoms with Gasteiger partial charge in [-0.3, -0.25) is 4.79 Å². The highest BCUT2D eigenvalue weighted by molar-refractivity contribution is 8.02. The van der Waals surface area contributed by atoms with E-state index in [-0.39, 0.29) is 16.2 Å². The molecule has 1 unspecified atom stereocenters. The molecule has 0 saturated carbocycles. The number of rotatable bonds is 4. The van der Waals surface area contributed by atoms with Gasteiger partial charge in [0.25, 0.3) is 0 Å². The first-order chi connectivity index (χ1) is 9.45. The number of thioether (sulfide) groups is 1. The molecule has 0 spiro atoms. The fourth-order valence-corrected chi connectivity index (χ4v) is 3.58. The summed E-state index contributed by atoms with van der Waals surface area (Å²) in [7, 11) is 0. The largest absolute Gasteiger partial charge is 0.325 e. The Morgan fingerprint density at radius 1 is 1.55 bits per heavy atom. The second-order valence-corrected chi connectivity index (χ2v) is 6.99. The van der Waals surface area contributed by atoms with E-state index < -0.39 is 5.82 Å². The Morgan fingerprint density at radius 3 is 2.90 bits per heavy atom. The number of nitrogens with one attached hydrogen (secondary N) is 1. The summed E-state index contributed by atoms with van der Waals surface area (Å²) in [6, 6.07) is 4.09.